The number of rotatable bonds is 5. The number of carbonyl (C=O) groups excluding carboxylic acids is 1. The van der Waals surface area contributed by atoms with E-state index in [2.05, 4.69) is 10.5 Å². The third-order valence-electron chi connectivity index (χ3n) is 4.57. The van der Waals surface area contributed by atoms with Crippen molar-refractivity contribution >= 4 is 21.6 Å². The van der Waals surface area contributed by atoms with Gasteiger partial charge in [-0.25, -0.2) is 13.8 Å². The SMILES string of the molecule is C/C(=N/NC(=O)c1cccc(S(=O)(=O)N2CCCCC2)c1)c1ccccc1. The fourth-order valence-electron chi connectivity index (χ4n) is 3.00. The molecule has 0 radical (unpaired) electrons. The Morgan fingerprint density at radius 3 is 2.33 bits per heavy atom. The predicted molar refractivity (Wildman–Crippen MR) is 105 cm³/mol. The minimum Gasteiger partial charge on any atom is -0.267 e. The van der Waals surface area contributed by atoms with Gasteiger partial charge in [-0.15, -0.1) is 0 Å². The van der Waals surface area contributed by atoms with Crippen molar-refractivity contribution in [3.05, 3.63) is 65.7 Å². The molecule has 1 N–H and O–H groups in total. The molecule has 2 aromatic rings. The van der Waals surface area contributed by atoms with Crippen molar-refractivity contribution in [2.45, 2.75) is 31.1 Å². The molecule has 1 aliphatic rings. The molecular weight excluding hydrogens is 362 g/mol. The van der Waals surface area contributed by atoms with Crippen molar-refractivity contribution in [1.29, 1.82) is 0 Å². The van der Waals surface area contributed by atoms with E-state index in [-0.39, 0.29) is 10.5 Å². The highest BCUT2D eigenvalue weighted by Gasteiger charge is 2.26. The normalized spacial score (nSPS) is 16.1. The van der Waals surface area contributed by atoms with E-state index < -0.39 is 15.9 Å². The van der Waals surface area contributed by atoms with Crippen LogP contribution in [0.25, 0.3) is 0 Å². The van der Waals surface area contributed by atoms with Gasteiger partial charge in [0.2, 0.25) is 10.0 Å². The Kier molecular flexibility index (Phi) is 6.03. The van der Waals surface area contributed by atoms with Gasteiger partial charge < -0.3 is 0 Å². The summed E-state index contributed by atoms with van der Waals surface area (Å²) < 4.78 is 27.1. The maximum Gasteiger partial charge on any atom is 0.271 e. The largest absolute Gasteiger partial charge is 0.271 e. The minimum absolute atomic E-state index is 0.140. The van der Waals surface area contributed by atoms with Gasteiger partial charge in [0, 0.05) is 18.7 Å². The van der Waals surface area contributed by atoms with E-state index >= 15 is 0 Å². The van der Waals surface area contributed by atoms with Gasteiger partial charge in [0.15, 0.2) is 0 Å². The highest BCUT2D eigenvalue weighted by atomic mass is 32.2. The van der Waals surface area contributed by atoms with Crippen molar-refractivity contribution in [2.75, 3.05) is 13.1 Å². The van der Waals surface area contributed by atoms with Gasteiger partial charge in [0.05, 0.1) is 10.6 Å². The van der Waals surface area contributed by atoms with Crippen molar-refractivity contribution in [1.82, 2.24) is 9.73 Å². The van der Waals surface area contributed by atoms with Gasteiger partial charge >= 0.3 is 0 Å². The van der Waals surface area contributed by atoms with Crippen LogP contribution in [0.4, 0.5) is 0 Å². The number of hydrazone groups is 1. The van der Waals surface area contributed by atoms with E-state index in [1.54, 1.807) is 19.1 Å². The molecule has 3 rings (SSSR count). The maximum atomic E-state index is 12.8. The van der Waals surface area contributed by atoms with Crippen LogP contribution in [-0.2, 0) is 10.0 Å². The molecule has 1 saturated heterocycles. The number of benzene rings is 2. The van der Waals surface area contributed by atoms with Crippen LogP contribution >= 0.6 is 0 Å². The summed E-state index contributed by atoms with van der Waals surface area (Å²) >= 11 is 0. The van der Waals surface area contributed by atoms with Crippen LogP contribution in [0.15, 0.2) is 64.6 Å². The standard InChI is InChI=1S/C20H23N3O3S/c1-16(17-9-4-2-5-10-17)21-22-20(24)18-11-8-12-19(15-18)27(25,26)23-13-6-3-7-14-23/h2,4-5,8-12,15H,3,6-7,13-14H2,1H3,(H,22,24)/b21-16-. The van der Waals surface area contributed by atoms with Crippen molar-refractivity contribution in [3.8, 4) is 0 Å². The minimum atomic E-state index is -3.57. The molecule has 0 unspecified atom stereocenters. The van der Waals surface area contributed by atoms with Crippen molar-refractivity contribution < 1.29 is 13.2 Å². The lowest BCUT2D eigenvalue weighted by Crippen LogP contribution is -2.35. The van der Waals surface area contributed by atoms with Gasteiger partial charge in [-0.1, -0.05) is 42.8 Å². The quantitative estimate of drug-likeness (QED) is 0.635. The third kappa shape index (κ3) is 4.61. The van der Waals surface area contributed by atoms with Gasteiger partial charge in [-0.05, 0) is 43.5 Å². The summed E-state index contributed by atoms with van der Waals surface area (Å²) in [5.41, 5.74) is 4.33. The highest BCUT2D eigenvalue weighted by molar-refractivity contribution is 7.89. The van der Waals surface area contributed by atoms with Crippen molar-refractivity contribution in [3.63, 3.8) is 0 Å². The van der Waals surface area contributed by atoms with E-state index in [1.807, 2.05) is 30.3 Å². The smallest absolute Gasteiger partial charge is 0.267 e. The van der Waals surface area contributed by atoms with Gasteiger partial charge in [0.1, 0.15) is 0 Å². The Morgan fingerprint density at radius 1 is 0.963 bits per heavy atom. The third-order valence-corrected chi connectivity index (χ3v) is 6.46. The molecule has 0 aliphatic carbocycles. The zero-order valence-electron chi connectivity index (χ0n) is 15.3. The summed E-state index contributed by atoms with van der Waals surface area (Å²) in [6.07, 6.45) is 2.78. The molecule has 1 aliphatic heterocycles. The molecule has 142 valence electrons. The van der Waals surface area contributed by atoms with E-state index in [0.717, 1.165) is 24.8 Å². The molecule has 6 nitrogen and oxygen atoms in total. The Balaban J connectivity index is 1.76. The average Bonchev–Trinajstić information content (AvgIpc) is 2.73. The number of hydrogen-bond donors (Lipinski definition) is 1. The number of piperidine rings is 1. The van der Waals surface area contributed by atoms with Crippen molar-refractivity contribution in [2.24, 2.45) is 5.10 Å². The van der Waals surface area contributed by atoms with E-state index in [0.29, 0.717) is 18.8 Å². The van der Waals surface area contributed by atoms with Crippen LogP contribution in [0.1, 0.15) is 42.1 Å². The van der Waals surface area contributed by atoms with Crippen LogP contribution in [0.5, 0.6) is 0 Å². The number of nitrogens with zero attached hydrogens (tertiary/aromatic N) is 2. The topological polar surface area (TPSA) is 78.8 Å². The molecule has 0 spiro atoms. The molecule has 7 heteroatoms. The fourth-order valence-corrected chi connectivity index (χ4v) is 4.56. The second-order valence-electron chi connectivity index (χ2n) is 6.50. The van der Waals surface area contributed by atoms with E-state index in [1.165, 1.54) is 16.4 Å². The van der Waals surface area contributed by atoms with E-state index in [4.69, 9.17) is 0 Å². The predicted octanol–water partition coefficient (Wildman–Crippen LogP) is 3.02. The first-order valence-corrected chi connectivity index (χ1v) is 10.4. The monoisotopic (exact) mass is 385 g/mol. The van der Waals surface area contributed by atoms with Crippen LogP contribution in [0.3, 0.4) is 0 Å². The molecule has 1 fully saturated rings. The van der Waals surface area contributed by atoms with Crippen LogP contribution < -0.4 is 5.43 Å². The molecule has 1 amide bonds. The van der Waals surface area contributed by atoms with Crippen LogP contribution in [0.2, 0.25) is 0 Å². The van der Waals surface area contributed by atoms with Crippen LogP contribution in [-0.4, -0.2) is 37.4 Å². The average molecular weight is 385 g/mol. The lowest BCUT2D eigenvalue weighted by atomic mass is 10.1. The number of hydrogen-bond acceptors (Lipinski definition) is 4. The first kappa shape index (κ1) is 19.3. The fraction of sp³-hybridized carbons (Fsp3) is 0.300. The summed E-state index contributed by atoms with van der Waals surface area (Å²) in [6.45, 7) is 2.85. The zero-order valence-corrected chi connectivity index (χ0v) is 16.1. The molecule has 0 saturated carbocycles. The highest BCUT2D eigenvalue weighted by Crippen LogP contribution is 2.21. The number of sulfonamides is 1. The Labute approximate surface area is 159 Å². The van der Waals surface area contributed by atoms with Gasteiger partial charge in [-0.2, -0.15) is 9.41 Å². The van der Waals surface area contributed by atoms with E-state index in [9.17, 15) is 13.2 Å². The second kappa shape index (κ2) is 8.45. The first-order valence-electron chi connectivity index (χ1n) is 8.99. The lowest BCUT2D eigenvalue weighted by Gasteiger charge is -2.25. The number of nitrogens with one attached hydrogen (secondary N) is 1. The molecule has 0 bridgehead atoms. The molecule has 27 heavy (non-hydrogen) atoms. The Bertz CT molecular complexity index is 934. The molecule has 0 aromatic heterocycles. The second-order valence-corrected chi connectivity index (χ2v) is 8.43. The first-order chi connectivity index (χ1) is 13.0. The number of amides is 1. The lowest BCUT2D eigenvalue weighted by molar-refractivity contribution is 0.0954. The summed E-state index contributed by atoms with van der Waals surface area (Å²) in [6, 6.07) is 15.6. The molecule has 2 aromatic carbocycles. The van der Waals surface area contributed by atoms with Crippen LogP contribution in [0, 0.1) is 0 Å². The summed E-state index contributed by atoms with van der Waals surface area (Å²) in [7, 11) is -3.57. The summed E-state index contributed by atoms with van der Waals surface area (Å²) in [4.78, 5) is 12.5. The maximum absolute atomic E-state index is 12.8. The summed E-state index contributed by atoms with van der Waals surface area (Å²) in [5.74, 6) is -0.444. The summed E-state index contributed by atoms with van der Waals surface area (Å²) in [5, 5.41) is 4.11. The molecular formula is C20H23N3O3S. The molecule has 1 heterocycles. The van der Waals surface area contributed by atoms with Gasteiger partial charge in [-0.3, -0.25) is 4.79 Å². The van der Waals surface area contributed by atoms with Gasteiger partial charge in [0.25, 0.3) is 5.91 Å². The molecule has 0 atom stereocenters. The number of carbonyl (C=O) groups is 1. The Hall–Kier alpha value is -2.51. The zero-order chi connectivity index (χ0) is 19.3. The Morgan fingerprint density at radius 2 is 1.63 bits per heavy atom.